The van der Waals surface area contributed by atoms with Crippen LogP contribution in [0.3, 0.4) is 0 Å². The highest BCUT2D eigenvalue weighted by Crippen LogP contribution is 2.13. The Morgan fingerprint density at radius 2 is 2.12 bits per heavy atom. The number of anilines is 1. The van der Waals surface area contributed by atoms with Gasteiger partial charge in [-0.2, -0.15) is 0 Å². The summed E-state index contributed by atoms with van der Waals surface area (Å²) in [6.07, 6.45) is 3.09. The molecule has 0 fully saturated rings. The largest absolute Gasteiger partial charge is 0.467 e. The van der Waals surface area contributed by atoms with Gasteiger partial charge in [0.1, 0.15) is 17.5 Å². The summed E-state index contributed by atoms with van der Waals surface area (Å²) in [5.74, 6) is -0.211. The maximum absolute atomic E-state index is 12.0. The molecule has 3 N–H and O–H groups in total. The topological polar surface area (TPSA) is 115 Å². The van der Waals surface area contributed by atoms with Gasteiger partial charge in [0.25, 0.3) is 0 Å². The fourth-order valence-corrected chi connectivity index (χ4v) is 2.21. The van der Waals surface area contributed by atoms with Crippen LogP contribution in [0, 0.1) is 0 Å². The number of esters is 1. The van der Waals surface area contributed by atoms with Gasteiger partial charge in [-0.05, 0) is 32.0 Å². The van der Waals surface area contributed by atoms with Crippen molar-refractivity contribution >= 4 is 23.6 Å². The van der Waals surface area contributed by atoms with Gasteiger partial charge in [-0.1, -0.05) is 0 Å². The Labute approximate surface area is 150 Å². The number of nitrogens with one attached hydrogen (secondary N) is 3. The molecule has 0 unspecified atom stereocenters. The van der Waals surface area contributed by atoms with Gasteiger partial charge in [0.15, 0.2) is 0 Å². The van der Waals surface area contributed by atoms with E-state index in [0.29, 0.717) is 17.1 Å². The van der Waals surface area contributed by atoms with Crippen molar-refractivity contribution in [2.75, 3.05) is 11.9 Å². The quantitative estimate of drug-likeness (QED) is 0.648. The van der Waals surface area contributed by atoms with E-state index in [0.717, 1.165) is 0 Å². The maximum Gasteiger partial charge on any atom is 0.355 e. The van der Waals surface area contributed by atoms with Crippen molar-refractivity contribution in [3.63, 3.8) is 0 Å². The van der Waals surface area contributed by atoms with Crippen molar-refractivity contribution in [1.29, 1.82) is 0 Å². The van der Waals surface area contributed by atoms with Crippen LogP contribution in [0.5, 0.6) is 0 Å². The van der Waals surface area contributed by atoms with Crippen molar-refractivity contribution in [3.8, 4) is 0 Å². The van der Waals surface area contributed by atoms with Crippen LogP contribution in [0.25, 0.3) is 0 Å². The molecule has 2 aromatic heterocycles. The lowest BCUT2D eigenvalue weighted by Gasteiger charge is -2.13. The number of hydrogen-bond acceptors (Lipinski definition) is 5. The van der Waals surface area contributed by atoms with E-state index in [1.54, 1.807) is 43.8 Å². The van der Waals surface area contributed by atoms with Crippen LogP contribution in [0.15, 0.2) is 35.1 Å². The second-order valence-corrected chi connectivity index (χ2v) is 5.56. The highest BCUT2D eigenvalue weighted by atomic mass is 16.5. The first kappa shape index (κ1) is 19.1. The Balaban J connectivity index is 1.84. The third-order valence-corrected chi connectivity index (χ3v) is 3.51. The van der Waals surface area contributed by atoms with E-state index in [9.17, 15) is 14.4 Å². The Morgan fingerprint density at radius 3 is 2.77 bits per heavy atom. The van der Waals surface area contributed by atoms with E-state index in [1.165, 1.54) is 12.3 Å². The van der Waals surface area contributed by atoms with Gasteiger partial charge in [-0.15, -0.1) is 0 Å². The molecule has 140 valence electrons. The molecular formula is C17H22N4O5. The van der Waals surface area contributed by atoms with Crippen LogP contribution in [0.1, 0.15) is 30.1 Å². The molecule has 2 rings (SSSR count). The smallest absolute Gasteiger partial charge is 0.355 e. The van der Waals surface area contributed by atoms with Gasteiger partial charge in [0, 0.05) is 13.2 Å². The van der Waals surface area contributed by atoms with Gasteiger partial charge in [0.05, 0.1) is 25.1 Å². The summed E-state index contributed by atoms with van der Waals surface area (Å²) in [5.41, 5.74) is 0.725. The van der Waals surface area contributed by atoms with Crippen molar-refractivity contribution < 1.29 is 23.5 Å². The zero-order valence-corrected chi connectivity index (χ0v) is 14.9. The molecular weight excluding hydrogens is 340 g/mol. The van der Waals surface area contributed by atoms with Gasteiger partial charge < -0.3 is 29.7 Å². The van der Waals surface area contributed by atoms with Crippen LogP contribution >= 0.6 is 0 Å². The SMILES string of the molecule is CCOC(=O)c1cc(NC(=O)N[C@@H](C)C(=O)NCc2ccco2)cn1C. The van der Waals surface area contributed by atoms with E-state index in [1.807, 2.05) is 0 Å². The average molecular weight is 362 g/mol. The van der Waals surface area contributed by atoms with Crippen molar-refractivity contribution in [1.82, 2.24) is 15.2 Å². The second kappa shape index (κ2) is 8.75. The lowest BCUT2D eigenvalue weighted by molar-refractivity contribution is -0.122. The number of carbonyl (C=O) groups excluding carboxylic acids is 3. The monoisotopic (exact) mass is 362 g/mol. The zero-order valence-electron chi connectivity index (χ0n) is 14.9. The summed E-state index contributed by atoms with van der Waals surface area (Å²) >= 11 is 0. The molecule has 9 heteroatoms. The minimum atomic E-state index is -0.752. The van der Waals surface area contributed by atoms with E-state index < -0.39 is 18.0 Å². The van der Waals surface area contributed by atoms with Gasteiger partial charge in [-0.25, -0.2) is 9.59 Å². The number of urea groups is 1. The summed E-state index contributed by atoms with van der Waals surface area (Å²) in [7, 11) is 1.67. The number of carbonyl (C=O) groups is 3. The number of furan rings is 1. The Hall–Kier alpha value is -3.23. The molecule has 0 radical (unpaired) electrons. The predicted molar refractivity (Wildman–Crippen MR) is 93.5 cm³/mol. The molecule has 1 atom stereocenters. The highest BCUT2D eigenvalue weighted by Gasteiger charge is 2.17. The molecule has 0 saturated heterocycles. The molecule has 2 heterocycles. The lowest BCUT2D eigenvalue weighted by atomic mass is 10.3. The van der Waals surface area contributed by atoms with Gasteiger partial charge >= 0.3 is 12.0 Å². The average Bonchev–Trinajstić information content (AvgIpc) is 3.22. The molecule has 0 aliphatic heterocycles. The molecule has 0 bridgehead atoms. The number of nitrogens with zero attached hydrogens (tertiary/aromatic N) is 1. The second-order valence-electron chi connectivity index (χ2n) is 5.56. The molecule has 0 aliphatic carbocycles. The van der Waals surface area contributed by atoms with Crippen LogP contribution in [-0.4, -0.2) is 35.1 Å². The number of aromatic nitrogens is 1. The van der Waals surface area contributed by atoms with Crippen molar-refractivity contribution in [2.24, 2.45) is 7.05 Å². The van der Waals surface area contributed by atoms with Crippen molar-refractivity contribution in [2.45, 2.75) is 26.4 Å². The minimum absolute atomic E-state index is 0.237. The fourth-order valence-electron chi connectivity index (χ4n) is 2.21. The molecule has 0 spiro atoms. The number of hydrogen-bond donors (Lipinski definition) is 3. The zero-order chi connectivity index (χ0) is 19.1. The predicted octanol–water partition coefficient (Wildman–Crippen LogP) is 1.62. The summed E-state index contributed by atoms with van der Waals surface area (Å²) < 4.78 is 11.6. The molecule has 0 aliphatic rings. The van der Waals surface area contributed by atoms with Gasteiger partial charge in [-0.3, -0.25) is 4.79 Å². The van der Waals surface area contributed by atoms with E-state index in [-0.39, 0.29) is 19.1 Å². The van der Waals surface area contributed by atoms with Crippen LogP contribution in [0.4, 0.5) is 10.5 Å². The standard InChI is InChI=1S/C17H22N4O5/c1-4-25-16(23)14-8-12(10-21(14)3)20-17(24)19-11(2)15(22)18-9-13-6-5-7-26-13/h5-8,10-11H,4,9H2,1-3H3,(H,18,22)(H2,19,20,24)/t11-/m0/s1. The highest BCUT2D eigenvalue weighted by molar-refractivity contribution is 5.95. The van der Waals surface area contributed by atoms with Crippen LogP contribution < -0.4 is 16.0 Å². The minimum Gasteiger partial charge on any atom is -0.467 e. The summed E-state index contributed by atoms with van der Waals surface area (Å²) in [6, 6.07) is 3.65. The van der Waals surface area contributed by atoms with Gasteiger partial charge in [0.2, 0.25) is 5.91 Å². The number of aryl methyl sites for hydroxylation is 1. The summed E-state index contributed by atoms with van der Waals surface area (Å²) in [6.45, 7) is 3.77. The molecule has 0 aromatic carbocycles. The number of amides is 3. The molecule has 0 saturated carbocycles. The van der Waals surface area contributed by atoms with Crippen molar-refractivity contribution in [3.05, 3.63) is 42.1 Å². The number of ether oxygens (including phenoxy) is 1. The first-order valence-corrected chi connectivity index (χ1v) is 8.11. The molecule has 26 heavy (non-hydrogen) atoms. The number of rotatable bonds is 7. The third-order valence-electron chi connectivity index (χ3n) is 3.51. The van der Waals surface area contributed by atoms with Crippen LogP contribution in [-0.2, 0) is 23.1 Å². The first-order chi connectivity index (χ1) is 12.4. The Bertz CT molecular complexity index is 766. The van der Waals surface area contributed by atoms with E-state index in [2.05, 4.69) is 16.0 Å². The van der Waals surface area contributed by atoms with E-state index >= 15 is 0 Å². The fraction of sp³-hybridized carbons (Fsp3) is 0.353. The lowest BCUT2D eigenvalue weighted by Crippen LogP contribution is -2.46. The molecule has 9 nitrogen and oxygen atoms in total. The normalized spacial score (nSPS) is 11.5. The summed E-state index contributed by atoms with van der Waals surface area (Å²) in [5, 5.41) is 7.76. The molecule has 3 amide bonds. The third kappa shape index (κ3) is 5.13. The maximum atomic E-state index is 12.0. The Kier molecular flexibility index (Phi) is 6.42. The Morgan fingerprint density at radius 1 is 1.35 bits per heavy atom. The van der Waals surface area contributed by atoms with E-state index in [4.69, 9.17) is 9.15 Å². The van der Waals surface area contributed by atoms with Crippen LogP contribution in [0.2, 0.25) is 0 Å². The summed E-state index contributed by atoms with van der Waals surface area (Å²) in [4.78, 5) is 35.8. The first-order valence-electron chi connectivity index (χ1n) is 8.11. The molecule has 2 aromatic rings.